The maximum absolute atomic E-state index is 12.3. The van der Waals surface area contributed by atoms with Crippen LogP contribution in [0.15, 0.2) is 0 Å². The number of nitrogens with one attached hydrogen (secondary N) is 2. The fourth-order valence-electron chi connectivity index (χ4n) is 6.36. The Labute approximate surface area is 214 Å². The molecule has 0 bridgehead atoms. The normalized spacial score (nSPS) is 23.2. The molecule has 0 aliphatic carbocycles. The van der Waals surface area contributed by atoms with Crippen molar-refractivity contribution in [2.75, 3.05) is 0 Å². The van der Waals surface area contributed by atoms with Gasteiger partial charge in [0, 0.05) is 60.7 Å². The summed E-state index contributed by atoms with van der Waals surface area (Å²) in [4.78, 5) is 24.6. The third kappa shape index (κ3) is 12.6. The summed E-state index contributed by atoms with van der Waals surface area (Å²) in [5, 5.41) is 7.25. The van der Waals surface area contributed by atoms with Crippen LogP contribution in [0.1, 0.15) is 132 Å². The minimum atomic E-state index is -0.0643. The second-order valence-electron chi connectivity index (χ2n) is 13.4. The molecular weight excluding hydrogens is 444 g/mol. The SMILES string of the molecule is CC1(C)CC(OC(=O)CCCCCCCCC(=O)OC2CC(C)(C)NC(C)(C)C2)CC(C)(C)N1.O. The Morgan fingerprint density at radius 2 is 0.829 bits per heavy atom. The number of piperidine rings is 2. The summed E-state index contributed by atoms with van der Waals surface area (Å²) in [5.74, 6) is -0.129. The lowest BCUT2D eigenvalue weighted by Crippen LogP contribution is -2.59. The number of hydrogen-bond donors (Lipinski definition) is 2. The molecule has 0 unspecified atom stereocenters. The van der Waals surface area contributed by atoms with Crippen molar-refractivity contribution in [3.8, 4) is 0 Å². The second kappa shape index (κ2) is 12.9. The lowest BCUT2D eigenvalue weighted by molar-refractivity contribution is -0.154. The van der Waals surface area contributed by atoms with E-state index in [2.05, 4.69) is 66.0 Å². The van der Waals surface area contributed by atoms with Crippen molar-refractivity contribution in [3.63, 3.8) is 0 Å². The zero-order chi connectivity index (χ0) is 25.6. The van der Waals surface area contributed by atoms with Gasteiger partial charge in [0.1, 0.15) is 12.2 Å². The zero-order valence-electron chi connectivity index (χ0n) is 23.8. The van der Waals surface area contributed by atoms with Gasteiger partial charge in [0.15, 0.2) is 0 Å². The highest BCUT2D eigenvalue weighted by molar-refractivity contribution is 5.69. The first-order chi connectivity index (χ1) is 15.6. The van der Waals surface area contributed by atoms with Crippen LogP contribution in [0, 0.1) is 0 Å². The fraction of sp³-hybridized carbons (Fsp3) is 0.929. The molecule has 0 saturated carbocycles. The Balaban J connectivity index is 0.00000612. The van der Waals surface area contributed by atoms with Gasteiger partial charge in [-0.15, -0.1) is 0 Å². The van der Waals surface area contributed by atoms with E-state index in [0.29, 0.717) is 12.8 Å². The maximum Gasteiger partial charge on any atom is 0.306 e. The highest BCUT2D eigenvalue weighted by atomic mass is 16.5. The van der Waals surface area contributed by atoms with Crippen LogP contribution in [0.2, 0.25) is 0 Å². The average molecular weight is 499 g/mol. The van der Waals surface area contributed by atoms with E-state index in [-0.39, 0.29) is 51.8 Å². The smallest absolute Gasteiger partial charge is 0.306 e. The molecule has 7 nitrogen and oxygen atoms in total. The topological polar surface area (TPSA) is 108 Å². The molecule has 2 heterocycles. The molecule has 0 radical (unpaired) electrons. The van der Waals surface area contributed by atoms with Crippen LogP contribution in [-0.4, -0.2) is 51.8 Å². The Hall–Kier alpha value is -1.18. The van der Waals surface area contributed by atoms with Crippen molar-refractivity contribution in [1.29, 1.82) is 0 Å². The summed E-state index contributed by atoms with van der Waals surface area (Å²) in [6, 6.07) is 0. The van der Waals surface area contributed by atoms with E-state index in [1.807, 2.05) is 0 Å². The molecule has 2 aliphatic heterocycles. The third-order valence-electron chi connectivity index (χ3n) is 6.91. The molecule has 0 aromatic heterocycles. The van der Waals surface area contributed by atoms with E-state index in [1.54, 1.807) is 0 Å². The molecule has 2 aliphatic rings. The Morgan fingerprint density at radius 3 is 1.11 bits per heavy atom. The number of ether oxygens (including phenoxy) is 2. The quantitative estimate of drug-likeness (QED) is 0.307. The van der Waals surface area contributed by atoms with Crippen molar-refractivity contribution < 1.29 is 24.5 Å². The molecule has 4 N–H and O–H groups in total. The Bertz CT molecular complexity index is 597. The van der Waals surface area contributed by atoms with Gasteiger partial charge in [-0.1, -0.05) is 25.7 Å². The minimum Gasteiger partial charge on any atom is -0.462 e. The van der Waals surface area contributed by atoms with Crippen LogP contribution in [0.5, 0.6) is 0 Å². The number of rotatable bonds is 11. The molecule has 2 rings (SSSR count). The molecule has 35 heavy (non-hydrogen) atoms. The van der Waals surface area contributed by atoms with Gasteiger partial charge in [0.2, 0.25) is 0 Å². The zero-order valence-corrected chi connectivity index (χ0v) is 23.8. The molecule has 2 fully saturated rings. The highest BCUT2D eigenvalue weighted by Gasteiger charge is 2.40. The molecule has 0 amide bonds. The lowest BCUT2D eigenvalue weighted by atomic mass is 9.81. The van der Waals surface area contributed by atoms with E-state index < -0.39 is 0 Å². The number of carbonyl (C=O) groups excluding carboxylic acids is 2. The first-order valence-corrected chi connectivity index (χ1v) is 13.5. The van der Waals surface area contributed by atoms with Crippen molar-refractivity contribution >= 4 is 11.9 Å². The summed E-state index contributed by atoms with van der Waals surface area (Å²) >= 11 is 0. The molecule has 0 spiro atoms. The fourth-order valence-corrected chi connectivity index (χ4v) is 6.36. The number of unbranched alkanes of at least 4 members (excludes halogenated alkanes) is 5. The number of esters is 2. The maximum atomic E-state index is 12.3. The van der Waals surface area contributed by atoms with Gasteiger partial charge in [-0.2, -0.15) is 0 Å². The Kier molecular flexibility index (Phi) is 11.7. The summed E-state index contributed by atoms with van der Waals surface area (Å²) in [7, 11) is 0. The van der Waals surface area contributed by atoms with Crippen LogP contribution in [0.4, 0.5) is 0 Å². The summed E-state index contributed by atoms with van der Waals surface area (Å²) in [6.07, 6.45) is 10.4. The van der Waals surface area contributed by atoms with E-state index in [4.69, 9.17) is 9.47 Å². The van der Waals surface area contributed by atoms with Gasteiger partial charge in [0.25, 0.3) is 0 Å². The van der Waals surface area contributed by atoms with Crippen molar-refractivity contribution in [2.45, 2.75) is 167 Å². The predicted octanol–water partition coefficient (Wildman–Crippen LogP) is 4.99. The van der Waals surface area contributed by atoms with Crippen LogP contribution in [-0.2, 0) is 19.1 Å². The molecule has 2 saturated heterocycles. The summed E-state index contributed by atoms with van der Waals surface area (Å²) in [5.41, 5.74) is -0.0559. The van der Waals surface area contributed by atoms with Gasteiger partial charge < -0.3 is 25.6 Å². The van der Waals surface area contributed by atoms with Crippen molar-refractivity contribution in [3.05, 3.63) is 0 Å². The molecule has 206 valence electrons. The monoisotopic (exact) mass is 498 g/mol. The van der Waals surface area contributed by atoms with E-state index in [1.165, 1.54) is 0 Å². The first kappa shape index (κ1) is 31.8. The Morgan fingerprint density at radius 1 is 0.571 bits per heavy atom. The van der Waals surface area contributed by atoms with Crippen LogP contribution in [0.25, 0.3) is 0 Å². The van der Waals surface area contributed by atoms with Crippen LogP contribution >= 0.6 is 0 Å². The van der Waals surface area contributed by atoms with E-state index in [9.17, 15) is 9.59 Å². The van der Waals surface area contributed by atoms with Gasteiger partial charge in [-0.25, -0.2) is 0 Å². The molecule has 0 atom stereocenters. The standard InChI is InChI=1S/C28H52N2O4.H2O/c1-25(2)17-21(18-26(3,4)29-25)33-23(31)15-13-11-9-10-12-14-16-24(32)34-22-19-27(5,6)30-28(7,8)20-22;/h21-22,29-30H,9-20H2,1-8H3;1H2. The largest absolute Gasteiger partial charge is 0.462 e. The highest BCUT2D eigenvalue weighted by Crippen LogP contribution is 2.31. The van der Waals surface area contributed by atoms with Crippen LogP contribution in [0.3, 0.4) is 0 Å². The minimum absolute atomic E-state index is 0. The van der Waals surface area contributed by atoms with Gasteiger partial charge in [0.05, 0.1) is 0 Å². The predicted molar refractivity (Wildman–Crippen MR) is 141 cm³/mol. The third-order valence-corrected chi connectivity index (χ3v) is 6.91. The summed E-state index contributed by atoms with van der Waals surface area (Å²) < 4.78 is 11.6. The molecular formula is C28H54N2O5. The van der Waals surface area contributed by atoms with Crippen molar-refractivity contribution in [1.82, 2.24) is 10.6 Å². The second-order valence-corrected chi connectivity index (χ2v) is 13.4. The molecule has 7 heteroatoms. The molecule has 0 aromatic carbocycles. The van der Waals surface area contributed by atoms with Gasteiger partial charge in [-0.05, 0) is 68.2 Å². The van der Waals surface area contributed by atoms with Crippen LogP contribution < -0.4 is 10.6 Å². The van der Waals surface area contributed by atoms with E-state index in [0.717, 1.165) is 64.2 Å². The van der Waals surface area contributed by atoms with Crippen molar-refractivity contribution in [2.24, 2.45) is 0 Å². The number of hydrogen-bond acceptors (Lipinski definition) is 6. The molecule has 0 aromatic rings. The first-order valence-electron chi connectivity index (χ1n) is 13.5. The van der Waals surface area contributed by atoms with Gasteiger partial charge in [-0.3, -0.25) is 9.59 Å². The van der Waals surface area contributed by atoms with Gasteiger partial charge >= 0.3 is 11.9 Å². The summed E-state index contributed by atoms with van der Waals surface area (Å²) in [6.45, 7) is 17.4. The van der Waals surface area contributed by atoms with E-state index >= 15 is 0 Å². The average Bonchev–Trinajstić information content (AvgIpc) is 2.58. The number of carbonyl (C=O) groups is 2. The lowest BCUT2D eigenvalue weighted by Gasteiger charge is -2.46.